The highest BCUT2D eigenvalue weighted by Gasteiger charge is 2.34. The molecule has 0 spiro atoms. The zero-order chi connectivity index (χ0) is 22.1. The predicted molar refractivity (Wildman–Crippen MR) is 111 cm³/mol. The van der Waals surface area contributed by atoms with Crippen molar-refractivity contribution < 1.29 is 19.4 Å². The van der Waals surface area contributed by atoms with Crippen molar-refractivity contribution in [3.8, 4) is 0 Å². The van der Waals surface area contributed by atoms with E-state index in [2.05, 4.69) is 24.9 Å². The quantitative estimate of drug-likeness (QED) is 0.174. The van der Waals surface area contributed by atoms with Crippen LogP contribution in [0.15, 0.2) is 11.2 Å². The van der Waals surface area contributed by atoms with E-state index in [0.29, 0.717) is 18.4 Å². The van der Waals surface area contributed by atoms with Gasteiger partial charge in [-0.1, -0.05) is 19.8 Å². The molecule has 0 radical (unpaired) electrons. The summed E-state index contributed by atoms with van der Waals surface area (Å²) >= 11 is 5.78. The minimum absolute atomic E-state index is 0.0266. The molecule has 30 heavy (non-hydrogen) atoms. The van der Waals surface area contributed by atoms with Crippen LogP contribution in [0.25, 0.3) is 11.2 Å². The second kappa shape index (κ2) is 11.1. The number of ether oxygens (including phenoxy) is 1. The van der Waals surface area contributed by atoms with Gasteiger partial charge in [0.25, 0.3) is 0 Å². The maximum absolute atomic E-state index is 12.8. The van der Waals surface area contributed by atoms with Crippen LogP contribution in [-0.4, -0.2) is 62.3 Å². The summed E-state index contributed by atoms with van der Waals surface area (Å²) in [6, 6.07) is -1.26. The molecule has 1 amide bonds. The summed E-state index contributed by atoms with van der Waals surface area (Å²) < 4.78 is 5.29. The number of unbranched alkanes of at least 4 members (excludes halogenated alkanes) is 2. The number of halogens is 1. The third-order valence-electron chi connectivity index (χ3n) is 4.12. The first-order valence-electron chi connectivity index (χ1n) is 9.46. The van der Waals surface area contributed by atoms with Crippen LogP contribution in [0.1, 0.15) is 39.0 Å². The van der Waals surface area contributed by atoms with Crippen LogP contribution in [0.3, 0.4) is 0 Å². The number of carboxylic acids is 1. The first-order chi connectivity index (χ1) is 14.3. The van der Waals surface area contributed by atoms with Crippen molar-refractivity contribution in [3.63, 3.8) is 0 Å². The molecule has 0 aliphatic carbocycles. The fourth-order valence-corrected chi connectivity index (χ4v) is 2.82. The molecule has 0 unspecified atom stereocenters. The van der Waals surface area contributed by atoms with Crippen LogP contribution < -0.4 is 16.4 Å². The second-order valence-corrected chi connectivity index (χ2v) is 6.77. The van der Waals surface area contributed by atoms with Gasteiger partial charge in [-0.05, 0) is 30.9 Å². The SMILES string of the molecule is CCCCCOC(=O)N(c1nc2nc(Cl)ncc2[nH]1)[C@H](CCCN=C(N)N)C(=O)O. The molecule has 0 aromatic carbocycles. The lowest BCUT2D eigenvalue weighted by atomic mass is 10.1. The van der Waals surface area contributed by atoms with Crippen LogP contribution in [0.2, 0.25) is 5.28 Å². The number of carboxylic acid groups (broad SMARTS) is 1. The number of H-pyrrole nitrogens is 1. The number of rotatable bonds is 11. The number of anilines is 1. The lowest BCUT2D eigenvalue weighted by Gasteiger charge is -2.26. The Morgan fingerprint density at radius 3 is 2.77 bits per heavy atom. The van der Waals surface area contributed by atoms with E-state index >= 15 is 0 Å². The van der Waals surface area contributed by atoms with Gasteiger partial charge >= 0.3 is 12.1 Å². The van der Waals surface area contributed by atoms with Crippen molar-refractivity contribution in [2.75, 3.05) is 18.1 Å². The van der Waals surface area contributed by atoms with Crippen LogP contribution in [0.5, 0.6) is 0 Å². The van der Waals surface area contributed by atoms with E-state index < -0.39 is 18.1 Å². The largest absolute Gasteiger partial charge is 0.480 e. The van der Waals surface area contributed by atoms with Gasteiger partial charge in [0, 0.05) is 6.54 Å². The highest BCUT2D eigenvalue weighted by molar-refractivity contribution is 6.28. The smallest absolute Gasteiger partial charge is 0.417 e. The Morgan fingerprint density at radius 1 is 1.33 bits per heavy atom. The van der Waals surface area contributed by atoms with E-state index in [4.69, 9.17) is 27.8 Å². The Hall–Kier alpha value is -3.15. The van der Waals surface area contributed by atoms with Crippen LogP contribution in [0.4, 0.5) is 10.7 Å². The summed E-state index contributed by atoms with van der Waals surface area (Å²) in [6.07, 6.45) is 3.44. The molecule has 1 atom stereocenters. The average molecular weight is 441 g/mol. The zero-order valence-corrected chi connectivity index (χ0v) is 17.3. The minimum Gasteiger partial charge on any atom is -0.480 e. The number of aromatic nitrogens is 4. The van der Waals surface area contributed by atoms with E-state index in [0.717, 1.165) is 17.7 Å². The fraction of sp³-hybridized carbons (Fsp3) is 0.529. The van der Waals surface area contributed by atoms with Crippen molar-refractivity contribution in [2.24, 2.45) is 16.5 Å². The number of aliphatic imine (C=N–C) groups is 1. The van der Waals surface area contributed by atoms with Gasteiger partial charge in [-0.15, -0.1) is 0 Å². The summed E-state index contributed by atoms with van der Waals surface area (Å²) in [5.74, 6) is -1.35. The number of hydrogen-bond acceptors (Lipinski definition) is 7. The standard InChI is InChI=1S/C17H25ClN8O4/c1-2-3-4-8-30-17(29)26(11(13(27)28)6-5-7-21-15(19)20)16-23-10-9-22-14(18)24-12(10)25-16/h9,11H,2-8H2,1H3,(H,27,28)(H4,19,20,21)(H,22,23,24,25)/t11-/m1/s1. The van der Waals surface area contributed by atoms with Gasteiger partial charge in [-0.25, -0.2) is 19.5 Å². The van der Waals surface area contributed by atoms with Crippen molar-refractivity contribution in [1.82, 2.24) is 19.9 Å². The highest BCUT2D eigenvalue weighted by Crippen LogP contribution is 2.22. The van der Waals surface area contributed by atoms with Gasteiger partial charge < -0.3 is 26.3 Å². The summed E-state index contributed by atoms with van der Waals surface area (Å²) in [7, 11) is 0. The van der Waals surface area contributed by atoms with Gasteiger partial charge in [0.1, 0.15) is 11.6 Å². The Morgan fingerprint density at radius 2 is 2.10 bits per heavy atom. The number of carbonyl (C=O) groups excluding carboxylic acids is 1. The molecule has 164 valence electrons. The fourth-order valence-electron chi connectivity index (χ4n) is 2.69. The van der Waals surface area contributed by atoms with E-state index in [1.807, 2.05) is 6.92 Å². The number of nitrogens with zero attached hydrogens (tertiary/aromatic N) is 5. The molecule has 12 nitrogen and oxygen atoms in total. The molecule has 2 aromatic heterocycles. The Bertz CT molecular complexity index is 899. The maximum atomic E-state index is 12.8. The molecular weight excluding hydrogens is 416 g/mol. The van der Waals surface area contributed by atoms with E-state index in [1.165, 1.54) is 6.20 Å². The predicted octanol–water partition coefficient (Wildman–Crippen LogP) is 1.65. The van der Waals surface area contributed by atoms with E-state index in [-0.39, 0.29) is 42.4 Å². The monoisotopic (exact) mass is 440 g/mol. The van der Waals surface area contributed by atoms with Crippen LogP contribution in [-0.2, 0) is 9.53 Å². The summed E-state index contributed by atoms with van der Waals surface area (Å²) in [5.41, 5.74) is 11.2. The Labute approximate surface area is 177 Å². The topological polar surface area (TPSA) is 186 Å². The summed E-state index contributed by atoms with van der Waals surface area (Å²) in [6.45, 7) is 2.40. The number of guanidine groups is 1. The van der Waals surface area contributed by atoms with Crippen molar-refractivity contribution in [2.45, 2.75) is 45.1 Å². The lowest BCUT2D eigenvalue weighted by molar-refractivity contribution is -0.138. The van der Waals surface area contributed by atoms with Gasteiger partial charge in [0.2, 0.25) is 11.2 Å². The lowest BCUT2D eigenvalue weighted by Crippen LogP contribution is -2.46. The van der Waals surface area contributed by atoms with Gasteiger partial charge in [-0.3, -0.25) is 4.99 Å². The average Bonchev–Trinajstić information content (AvgIpc) is 3.09. The molecular formula is C17H25ClN8O4. The molecule has 0 saturated heterocycles. The minimum atomic E-state index is -1.26. The molecule has 0 aliphatic rings. The molecule has 0 bridgehead atoms. The Balaban J connectivity index is 2.30. The van der Waals surface area contributed by atoms with Gasteiger partial charge in [-0.2, -0.15) is 9.97 Å². The van der Waals surface area contributed by atoms with Gasteiger partial charge in [0.15, 0.2) is 11.6 Å². The van der Waals surface area contributed by atoms with E-state index in [9.17, 15) is 14.7 Å². The highest BCUT2D eigenvalue weighted by atomic mass is 35.5. The number of amides is 1. The third kappa shape index (κ3) is 6.44. The summed E-state index contributed by atoms with van der Waals surface area (Å²) in [5, 5.41) is 9.74. The number of hydrogen-bond donors (Lipinski definition) is 4. The third-order valence-corrected chi connectivity index (χ3v) is 4.30. The van der Waals surface area contributed by atoms with Crippen molar-refractivity contribution in [3.05, 3.63) is 11.5 Å². The molecule has 13 heteroatoms. The number of nitrogens with one attached hydrogen (secondary N) is 1. The van der Waals surface area contributed by atoms with Crippen LogP contribution in [0, 0.1) is 0 Å². The molecule has 0 aliphatic heterocycles. The number of aliphatic carboxylic acids is 1. The number of aromatic amines is 1. The number of carbonyl (C=O) groups is 2. The normalized spacial score (nSPS) is 11.8. The summed E-state index contributed by atoms with van der Waals surface area (Å²) in [4.78, 5) is 44.4. The first kappa shape index (κ1) is 23.1. The molecule has 2 aromatic rings. The Kier molecular flexibility index (Phi) is 8.59. The number of imidazole rings is 1. The van der Waals surface area contributed by atoms with Crippen molar-refractivity contribution in [1.29, 1.82) is 0 Å². The van der Waals surface area contributed by atoms with E-state index in [1.54, 1.807) is 0 Å². The first-order valence-corrected chi connectivity index (χ1v) is 9.83. The molecule has 6 N–H and O–H groups in total. The number of nitrogens with two attached hydrogens (primary N) is 2. The second-order valence-electron chi connectivity index (χ2n) is 6.43. The number of fused-ring (bicyclic) bond motifs is 1. The zero-order valence-electron chi connectivity index (χ0n) is 16.5. The molecule has 0 fully saturated rings. The maximum Gasteiger partial charge on any atom is 0.417 e. The van der Waals surface area contributed by atoms with Crippen LogP contribution >= 0.6 is 11.6 Å². The van der Waals surface area contributed by atoms with Gasteiger partial charge in [0.05, 0.1) is 12.8 Å². The van der Waals surface area contributed by atoms with Crippen molar-refractivity contribution >= 4 is 46.7 Å². The molecule has 0 saturated carbocycles. The molecule has 2 heterocycles. The molecule has 2 rings (SSSR count).